The normalized spacial score (nSPS) is 28.8. The summed E-state index contributed by atoms with van der Waals surface area (Å²) >= 11 is 0. The fourth-order valence-corrected chi connectivity index (χ4v) is 3.08. The van der Waals surface area contributed by atoms with E-state index in [9.17, 15) is 5.26 Å². The number of pyridine rings is 1. The summed E-state index contributed by atoms with van der Waals surface area (Å²) in [5.41, 5.74) is 2.93. The molecule has 0 amide bonds. The van der Waals surface area contributed by atoms with Gasteiger partial charge in [0, 0.05) is 12.3 Å². The van der Waals surface area contributed by atoms with Gasteiger partial charge in [-0.25, -0.2) is 4.98 Å². The van der Waals surface area contributed by atoms with Crippen LogP contribution in [0.25, 0.3) is 0 Å². The van der Waals surface area contributed by atoms with Crippen molar-refractivity contribution in [2.45, 2.75) is 57.6 Å². The lowest BCUT2D eigenvalue weighted by Crippen LogP contribution is -2.41. The number of fused-ring (bicyclic) bond motifs is 1. The Labute approximate surface area is 120 Å². The summed E-state index contributed by atoms with van der Waals surface area (Å²) in [6.45, 7) is 4.98. The highest BCUT2D eigenvalue weighted by molar-refractivity contribution is 5.56. The molecule has 0 aromatic carbocycles. The molecular formula is C16H21N3O. The SMILES string of the molecule is CC1OCCC1(C)Nc1nc2c(cc1C#N)CCCC2. The van der Waals surface area contributed by atoms with Crippen molar-refractivity contribution in [3.63, 3.8) is 0 Å². The van der Waals surface area contributed by atoms with Crippen molar-refractivity contribution >= 4 is 5.82 Å². The summed E-state index contributed by atoms with van der Waals surface area (Å²) in [4.78, 5) is 4.74. The standard InChI is InChI=1S/C16H21N3O/c1-11-16(2,7-8-20-11)19-15-13(10-17)9-12-5-3-4-6-14(12)18-15/h9,11H,3-8H2,1-2H3,(H,18,19). The summed E-state index contributed by atoms with van der Waals surface area (Å²) in [7, 11) is 0. The maximum Gasteiger partial charge on any atom is 0.144 e. The van der Waals surface area contributed by atoms with Gasteiger partial charge in [0.1, 0.15) is 11.9 Å². The Hall–Kier alpha value is -1.60. The molecule has 0 spiro atoms. The lowest BCUT2D eigenvalue weighted by Gasteiger charge is -2.30. The smallest absolute Gasteiger partial charge is 0.144 e. The number of anilines is 1. The van der Waals surface area contributed by atoms with Gasteiger partial charge in [-0.1, -0.05) is 0 Å². The van der Waals surface area contributed by atoms with Crippen molar-refractivity contribution in [1.29, 1.82) is 5.26 Å². The first-order valence-corrected chi connectivity index (χ1v) is 7.45. The molecule has 0 saturated carbocycles. The van der Waals surface area contributed by atoms with Gasteiger partial charge in [-0.05, 0) is 57.6 Å². The minimum Gasteiger partial charge on any atom is -0.376 e. The van der Waals surface area contributed by atoms with Crippen LogP contribution in [0.5, 0.6) is 0 Å². The summed E-state index contributed by atoms with van der Waals surface area (Å²) < 4.78 is 5.65. The number of nitrogens with one attached hydrogen (secondary N) is 1. The minimum absolute atomic E-state index is 0.131. The van der Waals surface area contributed by atoms with Gasteiger partial charge in [-0.15, -0.1) is 0 Å². The number of nitriles is 1. The van der Waals surface area contributed by atoms with E-state index in [0.29, 0.717) is 5.56 Å². The van der Waals surface area contributed by atoms with Crippen LogP contribution in [0.4, 0.5) is 5.82 Å². The lowest BCUT2D eigenvalue weighted by atomic mass is 9.92. The quantitative estimate of drug-likeness (QED) is 0.898. The van der Waals surface area contributed by atoms with Gasteiger partial charge in [0.2, 0.25) is 0 Å². The van der Waals surface area contributed by atoms with Crippen LogP contribution >= 0.6 is 0 Å². The van der Waals surface area contributed by atoms with Gasteiger partial charge in [-0.2, -0.15) is 5.26 Å². The molecule has 1 aromatic heterocycles. The zero-order valence-electron chi connectivity index (χ0n) is 12.2. The van der Waals surface area contributed by atoms with Crippen molar-refractivity contribution in [3.05, 3.63) is 22.9 Å². The number of nitrogens with zero attached hydrogens (tertiary/aromatic N) is 2. The Morgan fingerprint density at radius 1 is 1.45 bits per heavy atom. The highest BCUT2D eigenvalue weighted by Gasteiger charge is 2.37. The third kappa shape index (κ3) is 2.27. The van der Waals surface area contributed by atoms with E-state index in [1.807, 2.05) is 6.07 Å². The minimum atomic E-state index is -0.137. The zero-order valence-corrected chi connectivity index (χ0v) is 12.2. The largest absolute Gasteiger partial charge is 0.376 e. The second-order valence-electron chi connectivity index (χ2n) is 6.11. The monoisotopic (exact) mass is 271 g/mol. The highest BCUT2D eigenvalue weighted by atomic mass is 16.5. The number of aromatic nitrogens is 1. The van der Waals surface area contributed by atoms with Gasteiger partial charge < -0.3 is 10.1 Å². The number of hydrogen-bond acceptors (Lipinski definition) is 4. The predicted molar refractivity (Wildman–Crippen MR) is 77.7 cm³/mol. The molecule has 1 aliphatic heterocycles. The van der Waals surface area contributed by atoms with E-state index < -0.39 is 0 Å². The molecule has 106 valence electrons. The number of rotatable bonds is 2. The summed E-state index contributed by atoms with van der Waals surface area (Å²) in [6.07, 6.45) is 5.55. The molecule has 3 rings (SSSR count). The molecule has 1 fully saturated rings. The Morgan fingerprint density at radius 3 is 2.95 bits per heavy atom. The Bertz CT molecular complexity index is 564. The van der Waals surface area contributed by atoms with E-state index in [2.05, 4.69) is 25.2 Å². The number of ether oxygens (including phenoxy) is 1. The molecule has 2 atom stereocenters. The maximum absolute atomic E-state index is 9.38. The van der Waals surface area contributed by atoms with Crippen LogP contribution < -0.4 is 5.32 Å². The van der Waals surface area contributed by atoms with Crippen molar-refractivity contribution in [2.24, 2.45) is 0 Å². The molecule has 4 nitrogen and oxygen atoms in total. The van der Waals surface area contributed by atoms with Gasteiger partial charge in [0.05, 0.1) is 17.2 Å². The molecule has 0 radical (unpaired) electrons. The average Bonchev–Trinajstić information content (AvgIpc) is 2.77. The first kappa shape index (κ1) is 13.4. The second-order valence-corrected chi connectivity index (χ2v) is 6.11. The van der Waals surface area contributed by atoms with Crippen molar-refractivity contribution in [3.8, 4) is 6.07 Å². The van der Waals surface area contributed by atoms with Crippen molar-refractivity contribution < 1.29 is 4.74 Å². The van der Waals surface area contributed by atoms with Crippen LogP contribution in [0.15, 0.2) is 6.07 Å². The molecule has 2 unspecified atom stereocenters. The molecule has 1 N–H and O–H groups in total. The molecule has 1 aromatic rings. The number of aryl methyl sites for hydroxylation is 2. The van der Waals surface area contributed by atoms with E-state index in [1.54, 1.807) is 0 Å². The maximum atomic E-state index is 9.38. The van der Waals surface area contributed by atoms with Crippen LogP contribution in [0.3, 0.4) is 0 Å². The average molecular weight is 271 g/mol. The Balaban J connectivity index is 1.94. The molecular weight excluding hydrogens is 250 g/mol. The van der Waals surface area contributed by atoms with E-state index in [0.717, 1.165) is 37.4 Å². The van der Waals surface area contributed by atoms with Gasteiger partial charge in [-0.3, -0.25) is 0 Å². The zero-order chi connectivity index (χ0) is 14.2. The molecule has 1 saturated heterocycles. The predicted octanol–water partition coefficient (Wildman–Crippen LogP) is 2.81. The second kappa shape index (κ2) is 5.06. The molecule has 4 heteroatoms. The van der Waals surface area contributed by atoms with Crippen LogP contribution in [0.2, 0.25) is 0 Å². The molecule has 1 aliphatic carbocycles. The van der Waals surface area contributed by atoms with Crippen LogP contribution in [0, 0.1) is 11.3 Å². The molecule has 2 heterocycles. The van der Waals surface area contributed by atoms with E-state index in [-0.39, 0.29) is 11.6 Å². The van der Waals surface area contributed by atoms with Crippen LogP contribution in [-0.4, -0.2) is 23.2 Å². The third-order valence-corrected chi connectivity index (χ3v) is 4.71. The fraction of sp³-hybridized carbons (Fsp3) is 0.625. The third-order valence-electron chi connectivity index (χ3n) is 4.71. The first-order chi connectivity index (χ1) is 9.62. The summed E-state index contributed by atoms with van der Waals surface area (Å²) in [5, 5.41) is 12.9. The number of hydrogen-bond donors (Lipinski definition) is 1. The molecule has 2 aliphatic rings. The van der Waals surface area contributed by atoms with E-state index >= 15 is 0 Å². The topological polar surface area (TPSA) is 57.9 Å². The summed E-state index contributed by atoms with van der Waals surface area (Å²) in [5.74, 6) is 0.730. The van der Waals surface area contributed by atoms with Gasteiger partial charge in [0.25, 0.3) is 0 Å². The Morgan fingerprint density at radius 2 is 2.25 bits per heavy atom. The van der Waals surface area contributed by atoms with Gasteiger partial charge in [0.15, 0.2) is 0 Å². The Kier molecular flexibility index (Phi) is 3.39. The fourth-order valence-electron chi connectivity index (χ4n) is 3.08. The summed E-state index contributed by atoms with van der Waals surface area (Å²) in [6, 6.07) is 4.31. The lowest BCUT2D eigenvalue weighted by molar-refractivity contribution is 0.105. The highest BCUT2D eigenvalue weighted by Crippen LogP contribution is 2.31. The molecule has 0 bridgehead atoms. The van der Waals surface area contributed by atoms with Crippen molar-refractivity contribution in [1.82, 2.24) is 4.98 Å². The van der Waals surface area contributed by atoms with Crippen LogP contribution in [0.1, 0.15) is 49.9 Å². The van der Waals surface area contributed by atoms with Crippen LogP contribution in [-0.2, 0) is 17.6 Å². The van der Waals surface area contributed by atoms with Crippen molar-refractivity contribution in [2.75, 3.05) is 11.9 Å². The van der Waals surface area contributed by atoms with Gasteiger partial charge >= 0.3 is 0 Å². The van der Waals surface area contributed by atoms with E-state index in [1.165, 1.54) is 18.4 Å². The first-order valence-electron chi connectivity index (χ1n) is 7.45. The van der Waals surface area contributed by atoms with E-state index in [4.69, 9.17) is 9.72 Å². The molecule has 20 heavy (non-hydrogen) atoms.